The van der Waals surface area contributed by atoms with Crippen LogP contribution in [-0.2, 0) is 0 Å². The third kappa shape index (κ3) is 6.51. The Labute approximate surface area is 221 Å². The number of amides is 2. The van der Waals surface area contributed by atoms with Crippen molar-refractivity contribution in [3.8, 4) is 11.5 Å². The molecule has 1 saturated carbocycles. The molecule has 0 bridgehead atoms. The van der Waals surface area contributed by atoms with E-state index in [-0.39, 0.29) is 5.92 Å². The fourth-order valence-electron chi connectivity index (χ4n) is 4.73. The Morgan fingerprint density at radius 2 is 1.79 bits per heavy atom. The Balaban J connectivity index is 1.16. The number of anilines is 2. The van der Waals surface area contributed by atoms with Crippen molar-refractivity contribution in [1.29, 1.82) is 0 Å². The van der Waals surface area contributed by atoms with Crippen LogP contribution in [0.25, 0.3) is 11.0 Å². The summed E-state index contributed by atoms with van der Waals surface area (Å²) in [5, 5.41) is 18.1. The monoisotopic (exact) mass is 545 g/mol. The van der Waals surface area contributed by atoms with Crippen molar-refractivity contribution in [2.75, 3.05) is 10.6 Å². The molecule has 5 N–H and O–H groups in total. The number of H-pyrrole nitrogens is 1. The molecule has 2 atom stereocenters. The predicted octanol–water partition coefficient (Wildman–Crippen LogP) is 6.51. The Morgan fingerprint density at radius 3 is 2.51 bits per heavy atom. The summed E-state index contributed by atoms with van der Waals surface area (Å²) in [5.74, 6) is 0.829. The Bertz CT molecular complexity index is 1390. The van der Waals surface area contributed by atoms with E-state index in [0.29, 0.717) is 40.8 Å². The number of rotatable bonds is 7. The zero-order valence-corrected chi connectivity index (χ0v) is 20.7. The standard InChI is InChI=1S/C27H27F4N5O3/c28-20-11-5-16(27(29,30)31)13-22(20)35-26(38)32-17-6-8-18(9-7-17)39-19-10-12-21-23(14-19)34-25(33-21)36-24(37)15-3-1-2-4-15/h5-12,14-15,22,24,37H,1-4,13H2,(H2,32,35,38)(H2,33,34,36). The Morgan fingerprint density at radius 1 is 1.08 bits per heavy atom. The quantitative estimate of drug-likeness (QED) is 0.172. The molecule has 1 heterocycles. The summed E-state index contributed by atoms with van der Waals surface area (Å²) in [6.45, 7) is 0. The van der Waals surface area contributed by atoms with E-state index in [1.54, 1.807) is 42.5 Å². The number of nitrogens with one attached hydrogen (secondary N) is 4. The highest BCUT2D eigenvalue weighted by molar-refractivity contribution is 5.89. The van der Waals surface area contributed by atoms with Gasteiger partial charge in [-0.1, -0.05) is 18.9 Å². The number of nitrogens with zero attached hydrogens (tertiary/aromatic N) is 1. The van der Waals surface area contributed by atoms with Gasteiger partial charge in [-0.15, -0.1) is 0 Å². The van der Waals surface area contributed by atoms with Gasteiger partial charge in [0.05, 0.1) is 17.1 Å². The van der Waals surface area contributed by atoms with E-state index in [9.17, 15) is 27.5 Å². The molecule has 2 aromatic carbocycles. The normalized spacial score (nSPS) is 18.8. The average Bonchev–Trinajstić information content (AvgIpc) is 3.56. The van der Waals surface area contributed by atoms with Crippen molar-refractivity contribution >= 4 is 28.7 Å². The Kier molecular flexibility index (Phi) is 7.47. The molecule has 0 saturated heterocycles. The van der Waals surface area contributed by atoms with Gasteiger partial charge in [0.15, 0.2) is 0 Å². The third-order valence-corrected chi connectivity index (χ3v) is 6.80. The highest BCUT2D eigenvalue weighted by Gasteiger charge is 2.37. The maximum atomic E-state index is 14.0. The first kappa shape index (κ1) is 26.5. The lowest BCUT2D eigenvalue weighted by molar-refractivity contribution is -0.0948. The third-order valence-electron chi connectivity index (χ3n) is 6.80. The van der Waals surface area contributed by atoms with Crippen LogP contribution in [0, 0.1) is 5.92 Å². The van der Waals surface area contributed by atoms with E-state index in [1.807, 2.05) is 0 Å². The van der Waals surface area contributed by atoms with Crippen LogP contribution in [0.4, 0.5) is 34.0 Å². The van der Waals surface area contributed by atoms with Gasteiger partial charge in [-0.05, 0) is 55.3 Å². The molecule has 39 heavy (non-hydrogen) atoms. The van der Waals surface area contributed by atoms with Gasteiger partial charge in [0, 0.05) is 29.7 Å². The molecule has 5 rings (SSSR count). The van der Waals surface area contributed by atoms with Gasteiger partial charge < -0.3 is 30.8 Å². The van der Waals surface area contributed by atoms with Crippen molar-refractivity contribution in [3.05, 3.63) is 66.0 Å². The number of benzene rings is 2. The van der Waals surface area contributed by atoms with E-state index >= 15 is 0 Å². The first-order valence-corrected chi connectivity index (χ1v) is 12.6. The molecule has 8 nitrogen and oxygen atoms in total. The van der Waals surface area contributed by atoms with Gasteiger partial charge in [-0.3, -0.25) is 0 Å². The minimum absolute atomic E-state index is 0.213. The smallest absolute Gasteiger partial charge is 0.412 e. The van der Waals surface area contributed by atoms with E-state index < -0.39 is 42.3 Å². The largest absolute Gasteiger partial charge is 0.457 e. The zero-order valence-electron chi connectivity index (χ0n) is 20.7. The van der Waals surface area contributed by atoms with Crippen LogP contribution in [0.3, 0.4) is 0 Å². The summed E-state index contributed by atoms with van der Waals surface area (Å²) in [6.07, 6.45) is -0.345. The second kappa shape index (κ2) is 11.0. The zero-order chi connectivity index (χ0) is 27.6. The lowest BCUT2D eigenvalue weighted by atomic mass is 9.99. The summed E-state index contributed by atoms with van der Waals surface area (Å²) in [7, 11) is 0. The van der Waals surface area contributed by atoms with Crippen molar-refractivity contribution in [3.63, 3.8) is 0 Å². The number of hydrogen-bond donors (Lipinski definition) is 5. The first-order chi connectivity index (χ1) is 18.6. The number of imidazole rings is 1. The molecule has 1 fully saturated rings. The molecule has 0 spiro atoms. The van der Waals surface area contributed by atoms with Crippen molar-refractivity contribution in [1.82, 2.24) is 15.3 Å². The fourth-order valence-corrected chi connectivity index (χ4v) is 4.73. The van der Waals surface area contributed by atoms with Crippen LogP contribution >= 0.6 is 0 Å². The van der Waals surface area contributed by atoms with E-state index in [1.165, 1.54) is 0 Å². The highest BCUT2D eigenvalue weighted by Crippen LogP contribution is 2.34. The van der Waals surface area contributed by atoms with Crippen LogP contribution in [0.2, 0.25) is 0 Å². The number of allylic oxidation sites excluding steroid dienone is 2. The molecular weight excluding hydrogens is 518 g/mol. The van der Waals surface area contributed by atoms with Gasteiger partial charge in [-0.25, -0.2) is 14.2 Å². The van der Waals surface area contributed by atoms with Gasteiger partial charge >= 0.3 is 12.2 Å². The van der Waals surface area contributed by atoms with Gasteiger partial charge in [0.25, 0.3) is 0 Å². The predicted molar refractivity (Wildman–Crippen MR) is 138 cm³/mol. The van der Waals surface area contributed by atoms with Gasteiger partial charge in [0.1, 0.15) is 23.6 Å². The van der Waals surface area contributed by atoms with Crippen molar-refractivity contribution in [2.45, 2.75) is 50.6 Å². The number of aliphatic hydroxyl groups is 1. The number of halogens is 4. The number of urea groups is 1. The molecule has 0 radical (unpaired) electrons. The topological polar surface area (TPSA) is 111 Å². The number of hydrogen-bond acceptors (Lipinski definition) is 5. The molecule has 3 aromatic rings. The lowest BCUT2D eigenvalue weighted by Gasteiger charge is -2.23. The molecule has 12 heteroatoms. The van der Waals surface area contributed by atoms with Crippen molar-refractivity contribution in [2.24, 2.45) is 5.92 Å². The second-order valence-corrected chi connectivity index (χ2v) is 9.62. The summed E-state index contributed by atoms with van der Waals surface area (Å²) in [6, 6.07) is 9.34. The number of aliphatic hydroxyl groups excluding tert-OH is 1. The molecule has 1 aromatic heterocycles. The molecule has 206 valence electrons. The van der Waals surface area contributed by atoms with Crippen LogP contribution < -0.4 is 20.7 Å². The number of carbonyl (C=O) groups is 1. The number of fused-ring (bicyclic) bond motifs is 1. The SMILES string of the molecule is O=C(Nc1ccc(Oc2ccc3nc(NC(O)C4CCCC4)[nH]c3c2)cc1)NC1CC(C(F)(F)F)=CC=C1F. The maximum Gasteiger partial charge on any atom is 0.412 e. The molecule has 2 aliphatic rings. The van der Waals surface area contributed by atoms with Crippen molar-refractivity contribution < 1.29 is 32.2 Å². The molecular formula is C27H27F4N5O3. The fraction of sp³-hybridized carbons (Fsp3) is 0.333. The van der Waals surface area contributed by atoms with Gasteiger partial charge in [0.2, 0.25) is 5.95 Å². The van der Waals surface area contributed by atoms with Gasteiger partial charge in [-0.2, -0.15) is 13.2 Å². The number of ether oxygens (including phenoxy) is 1. The Hall–Kier alpha value is -4.06. The molecule has 0 aliphatic heterocycles. The highest BCUT2D eigenvalue weighted by atomic mass is 19.4. The number of alkyl halides is 3. The molecule has 2 unspecified atom stereocenters. The summed E-state index contributed by atoms with van der Waals surface area (Å²) < 4.78 is 58.6. The number of aromatic nitrogens is 2. The molecule has 2 amide bonds. The summed E-state index contributed by atoms with van der Waals surface area (Å²) >= 11 is 0. The van der Waals surface area contributed by atoms with E-state index in [2.05, 4.69) is 25.9 Å². The minimum Gasteiger partial charge on any atom is -0.457 e. The van der Waals surface area contributed by atoms with E-state index in [4.69, 9.17) is 4.74 Å². The number of carbonyl (C=O) groups excluding carboxylic acids is 1. The van der Waals surface area contributed by atoms with Crippen LogP contribution in [-0.4, -0.2) is 39.6 Å². The average molecular weight is 546 g/mol. The van der Waals surface area contributed by atoms with Crippen LogP contribution in [0.5, 0.6) is 11.5 Å². The maximum absolute atomic E-state index is 14.0. The van der Waals surface area contributed by atoms with Crippen LogP contribution in [0.1, 0.15) is 32.1 Å². The second-order valence-electron chi connectivity index (χ2n) is 9.62. The minimum atomic E-state index is -4.60. The first-order valence-electron chi connectivity index (χ1n) is 12.6. The number of aromatic amines is 1. The van der Waals surface area contributed by atoms with E-state index in [0.717, 1.165) is 31.2 Å². The summed E-state index contributed by atoms with van der Waals surface area (Å²) in [4.78, 5) is 19.8. The summed E-state index contributed by atoms with van der Waals surface area (Å²) in [5.41, 5.74) is 0.845. The van der Waals surface area contributed by atoms with Crippen LogP contribution in [0.15, 0.2) is 66.0 Å². The molecule has 2 aliphatic carbocycles. The lowest BCUT2D eigenvalue weighted by Crippen LogP contribution is -2.40.